The molecule has 0 radical (unpaired) electrons. The van der Waals surface area contributed by atoms with Crippen LogP contribution >= 0.6 is 0 Å². The van der Waals surface area contributed by atoms with Crippen LogP contribution in [0.5, 0.6) is 0 Å². The second-order valence-electron chi connectivity index (χ2n) is 5.97. The van der Waals surface area contributed by atoms with Crippen LogP contribution in [0, 0.1) is 0 Å². The van der Waals surface area contributed by atoms with E-state index in [0.29, 0.717) is 12.8 Å². The molecule has 3 rings (SSSR count). The summed E-state index contributed by atoms with van der Waals surface area (Å²) in [6.07, 6.45) is 1.55. The number of hydrogen-bond donors (Lipinski definition) is 0. The molecule has 0 aliphatic heterocycles. The average Bonchev–Trinajstić information content (AvgIpc) is 2.65. The van der Waals surface area contributed by atoms with Crippen molar-refractivity contribution in [2.75, 3.05) is 0 Å². The van der Waals surface area contributed by atoms with Crippen molar-refractivity contribution in [3.63, 3.8) is 0 Å². The lowest BCUT2D eigenvalue weighted by Gasteiger charge is -2.06. The van der Waals surface area contributed by atoms with E-state index >= 15 is 0 Å². The minimum atomic E-state index is -0.467. The van der Waals surface area contributed by atoms with E-state index in [1.54, 1.807) is 0 Å². The van der Waals surface area contributed by atoms with E-state index in [0.717, 1.165) is 21.9 Å². The molecule has 0 spiro atoms. The molecule has 3 aromatic rings. The van der Waals surface area contributed by atoms with Crippen molar-refractivity contribution in [3.05, 3.63) is 83.9 Å². The van der Waals surface area contributed by atoms with Crippen LogP contribution < -0.4 is 0 Å². The predicted molar refractivity (Wildman–Crippen MR) is 98.1 cm³/mol. The smallest absolute Gasteiger partial charge is 0.313 e. The zero-order chi connectivity index (χ0) is 17.5. The molecule has 0 aliphatic rings. The first-order valence-electron chi connectivity index (χ1n) is 8.46. The van der Waals surface area contributed by atoms with Crippen LogP contribution in [0.3, 0.4) is 0 Å². The average molecular weight is 332 g/mol. The van der Waals surface area contributed by atoms with E-state index in [1.807, 2.05) is 72.8 Å². The van der Waals surface area contributed by atoms with E-state index in [-0.39, 0.29) is 12.8 Å². The number of carbonyl (C=O) groups is 2. The minimum Gasteiger partial charge on any atom is -0.393 e. The van der Waals surface area contributed by atoms with Crippen molar-refractivity contribution >= 4 is 22.7 Å². The zero-order valence-corrected chi connectivity index (χ0v) is 14.0. The van der Waals surface area contributed by atoms with Crippen molar-refractivity contribution in [1.82, 2.24) is 0 Å². The molecule has 0 saturated carbocycles. The first-order valence-corrected chi connectivity index (χ1v) is 8.46. The summed E-state index contributed by atoms with van der Waals surface area (Å²) in [5.74, 6) is -0.933. The van der Waals surface area contributed by atoms with Gasteiger partial charge in [-0.05, 0) is 34.7 Å². The summed E-state index contributed by atoms with van der Waals surface area (Å²) in [4.78, 5) is 23.7. The molecule has 0 unspecified atom stereocenters. The number of benzene rings is 3. The summed E-state index contributed by atoms with van der Waals surface area (Å²) in [5.41, 5.74) is 2.15. The van der Waals surface area contributed by atoms with Crippen LogP contribution in [0.25, 0.3) is 10.8 Å². The van der Waals surface area contributed by atoms with Gasteiger partial charge in [-0.25, -0.2) is 0 Å². The fourth-order valence-electron chi connectivity index (χ4n) is 2.87. The second-order valence-corrected chi connectivity index (χ2v) is 5.97. The fraction of sp³-hybridized carbons (Fsp3) is 0.182. The Bertz CT molecular complexity index is 863. The van der Waals surface area contributed by atoms with Gasteiger partial charge in [0.1, 0.15) is 0 Å². The van der Waals surface area contributed by atoms with Gasteiger partial charge in [0.2, 0.25) is 0 Å². The number of esters is 2. The lowest BCUT2D eigenvalue weighted by atomic mass is 10.0. The maximum Gasteiger partial charge on any atom is 0.313 e. The van der Waals surface area contributed by atoms with E-state index in [4.69, 9.17) is 4.74 Å². The number of aryl methyl sites for hydroxylation is 2. The van der Waals surface area contributed by atoms with Crippen LogP contribution in [0.4, 0.5) is 0 Å². The number of hydrogen-bond acceptors (Lipinski definition) is 3. The Kier molecular flexibility index (Phi) is 5.57. The maximum atomic E-state index is 11.9. The lowest BCUT2D eigenvalue weighted by Crippen LogP contribution is -2.13. The summed E-state index contributed by atoms with van der Waals surface area (Å²) < 4.78 is 4.93. The van der Waals surface area contributed by atoms with Gasteiger partial charge in [0.25, 0.3) is 0 Å². The summed E-state index contributed by atoms with van der Waals surface area (Å²) >= 11 is 0. The van der Waals surface area contributed by atoms with Crippen molar-refractivity contribution in [2.45, 2.75) is 25.7 Å². The maximum absolute atomic E-state index is 11.9. The molecule has 0 fully saturated rings. The van der Waals surface area contributed by atoms with Crippen LogP contribution in [0.1, 0.15) is 24.0 Å². The Balaban J connectivity index is 1.50. The molecule has 0 aliphatic carbocycles. The highest BCUT2D eigenvalue weighted by Gasteiger charge is 2.11. The minimum absolute atomic E-state index is 0.199. The van der Waals surface area contributed by atoms with Crippen LogP contribution in [-0.4, -0.2) is 11.9 Å². The normalized spacial score (nSPS) is 10.6. The first-order chi connectivity index (χ1) is 12.2. The Morgan fingerprint density at radius 1 is 0.680 bits per heavy atom. The van der Waals surface area contributed by atoms with E-state index in [1.165, 1.54) is 0 Å². The highest BCUT2D eigenvalue weighted by atomic mass is 16.6. The molecule has 0 atom stereocenters. The lowest BCUT2D eigenvalue weighted by molar-refractivity contribution is -0.159. The quantitative estimate of drug-likeness (QED) is 0.494. The molecule has 0 bridgehead atoms. The first kappa shape index (κ1) is 16.9. The summed E-state index contributed by atoms with van der Waals surface area (Å²) in [7, 11) is 0. The molecule has 3 nitrogen and oxygen atoms in total. The summed E-state index contributed by atoms with van der Waals surface area (Å²) in [6, 6.07) is 23.8. The number of ether oxygens (including phenoxy) is 1. The Hall–Kier alpha value is -2.94. The van der Waals surface area contributed by atoms with Crippen molar-refractivity contribution < 1.29 is 14.3 Å². The third kappa shape index (κ3) is 4.77. The van der Waals surface area contributed by atoms with E-state index < -0.39 is 11.9 Å². The van der Waals surface area contributed by atoms with Crippen molar-refractivity contribution in [1.29, 1.82) is 0 Å². The van der Waals surface area contributed by atoms with Crippen LogP contribution in [0.2, 0.25) is 0 Å². The van der Waals surface area contributed by atoms with Gasteiger partial charge in [0.15, 0.2) is 0 Å². The highest BCUT2D eigenvalue weighted by molar-refractivity contribution is 5.88. The zero-order valence-electron chi connectivity index (χ0n) is 14.0. The number of rotatable bonds is 6. The Labute approximate surface area is 147 Å². The molecule has 0 N–H and O–H groups in total. The van der Waals surface area contributed by atoms with Crippen molar-refractivity contribution in [2.24, 2.45) is 0 Å². The third-order valence-electron chi connectivity index (χ3n) is 4.17. The topological polar surface area (TPSA) is 43.4 Å². The molecule has 0 amide bonds. The molecule has 3 heteroatoms. The largest absolute Gasteiger partial charge is 0.393 e. The van der Waals surface area contributed by atoms with Crippen molar-refractivity contribution in [3.8, 4) is 0 Å². The van der Waals surface area contributed by atoms with Gasteiger partial charge < -0.3 is 4.74 Å². The number of fused-ring (bicyclic) bond motifs is 1. The molecule has 3 aromatic carbocycles. The molecule has 25 heavy (non-hydrogen) atoms. The molecule has 0 saturated heterocycles. The Morgan fingerprint density at radius 2 is 1.32 bits per heavy atom. The van der Waals surface area contributed by atoms with Crippen LogP contribution in [0.15, 0.2) is 72.8 Å². The molecule has 0 heterocycles. The van der Waals surface area contributed by atoms with E-state index in [2.05, 4.69) is 0 Å². The van der Waals surface area contributed by atoms with Gasteiger partial charge in [0.05, 0.1) is 12.8 Å². The Morgan fingerprint density at radius 3 is 2.12 bits per heavy atom. The van der Waals surface area contributed by atoms with Gasteiger partial charge in [-0.3, -0.25) is 9.59 Å². The molecule has 126 valence electrons. The van der Waals surface area contributed by atoms with Gasteiger partial charge in [0, 0.05) is 0 Å². The second kappa shape index (κ2) is 8.25. The van der Waals surface area contributed by atoms with Gasteiger partial charge in [-0.1, -0.05) is 72.8 Å². The van der Waals surface area contributed by atoms with Gasteiger partial charge in [-0.15, -0.1) is 0 Å². The third-order valence-corrected chi connectivity index (χ3v) is 4.17. The summed E-state index contributed by atoms with van der Waals surface area (Å²) in [6.45, 7) is 0. The SMILES string of the molecule is O=C(CCc1ccccc1)OC(=O)CCc1cccc2ccccc12. The van der Waals surface area contributed by atoms with Gasteiger partial charge >= 0.3 is 11.9 Å². The number of carbonyl (C=O) groups excluding carboxylic acids is 2. The van der Waals surface area contributed by atoms with E-state index in [9.17, 15) is 9.59 Å². The fourth-order valence-corrected chi connectivity index (χ4v) is 2.87. The molecular formula is C22H20O3. The predicted octanol–water partition coefficient (Wildman–Crippen LogP) is 4.48. The molecule has 0 aromatic heterocycles. The van der Waals surface area contributed by atoms with Crippen LogP contribution in [-0.2, 0) is 27.2 Å². The standard InChI is InChI=1S/C22H20O3/c23-21(15-13-17-7-2-1-3-8-17)25-22(24)16-14-19-11-6-10-18-9-4-5-12-20(18)19/h1-12H,13-16H2. The monoisotopic (exact) mass is 332 g/mol. The molecular weight excluding hydrogens is 312 g/mol. The van der Waals surface area contributed by atoms with Gasteiger partial charge in [-0.2, -0.15) is 0 Å². The summed E-state index contributed by atoms with van der Waals surface area (Å²) in [5, 5.41) is 2.28. The highest BCUT2D eigenvalue weighted by Crippen LogP contribution is 2.19.